The summed E-state index contributed by atoms with van der Waals surface area (Å²) in [5, 5.41) is 17.7. The second kappa shape index (κ2) is 6.51. The molecule has 0 atom stereocenters. The number of rotatable bonds is 3. The van der Waals surface area contributed by atoms with E-state index in [0.717, 1.165) is 10.8 Å². The Kier molecular flexibility index (Phi) is 4.50. The van der Waals surface area contributed by atoms with Gasteiger partial charge in [0.05, 0.1) is 6.21 Å². The van der Waals surface area contributed by atoms with E-state index < -0.39 is 11.8 Å². The molecule has 0 heterocycles. The van der Waals surface area contributed by atoms with Crippen LogP contribution in [-0.4, -0.2) is 29.7 Å². The molecular weight excluding hydrogens is 270 g/mol. The SMILES string of the molecule is CCNC(=O)C(=O)N/N=C\c1c(O)ccc2ccccc12. The molecule has 6 nitrogen and oxygen atoms in total. The number of carbonyl (C=O) groups excluding carboxylic acids is 2. The molecular formula is C15H15N3O3. The summed E-state index contributed by atoms with van der Waals surface area (Å²) in [6, 6.07) is 10.8. The standard InChI is InChI=1S/C15H15N3O3/c1-2-16-14(20)15(21)18-17-9-12-11-6-4-3-5-10(11)7-8-13(12)19/h3-9,19H,2H2,1H3,(H,16,20)(H,18,21)/b17-9-. The lowest BCUT2D eigenvalue weighted by molar-refractivity contribution is -0.139. The number of phenols is 1. The van der Waals surface area contributed by atoms with Gasteiger partial charge in [-0.3, -0.25) is 9.59 Å². The predicted molar refractivity (Wildman–Crippen MR) is 80.0 cm³/mol. The van der Waals surface area contributed by atoms with Crippen LogP contribution in [-0.2, 0) is 9.59 Å². The number of benzene rings is 2. The zero-order chi connectivity index (χ0) is 15.2. The fraction of sp³-hybridized carbons (Fsp3) is 0.133. The van der Waals surface area contributed by atoms with Gasteiger partial charge in [0.1, 0.15) is 5.75 Å². The molecule has 2 rings (SSSR count). The number of carbonyl (C=O) groups is 2. The molecule has 108 valence electrons. The third kappa shape index (κ3) is 3.36. The maximum absolute atomic E-state index is 11.4. The Labute approximate surface area is 121 Å². The van der Waals surface area contributed by atoms with Gasteiger partial charge in [-0.05, 0) is 23.8 Å². The molecule has 0 aliphatic rings. The maximum Gasteiger partial charge on any atom is 0.329 e. The molecule has 21 heavy (non-hydrogen) atoms. The summed E-state index contributed by atoms with van der Waals surface area (Å²) in [5.41, 5.74) is 2.59. The summed E-state index contributed by atoms with van der Waals surface area (Å²) in [4.78, 5) is 22.6. The summed E-state index contributed by atoms with van der Waals surface area (Å²) >= 11 is 0. The van der Waals surface area contributed by atoms with Crippen LogP contribution in [0.1, 0.15) is 12.5 Å². The molecule has 6 heteroatoms. The fourth-order valence-corrected chi connectivity index (χ4v) is 1.87. The van der Waals surface area contributed by atoms with E-state index in [0.29, 0.717) is 12.1 Å². The first-order valence-electron chi connectivity index (χ1n) is 6.45. The Morgan fingerprint density at radius 3 is 2.71 bits per heavy atom. The first kappa shape index (κ1) is 14.5. The van der Waals surface area contributed by atoms with Crippen molar-refractivity contribution in [1.29, 1.82) is 0 Å². The van der Waals surface area contributed by atoms with Crippen LogP contribution >= 0.6 is 0 Å². The number of hydrazone groups is 1. The minimum Gasteiger partial charge on any atom is -0.507 e. The first-order chi connectivity index (χ1) is 10.1. The minimum absolute atomic E-state index is 0.0460. The number of likely N-dealkylation sites (N-methyl/N-ethyl adjacent to an activating group) is 1. The Balaban J connectivity index is 2.20. The van der Waals surface area contributed by atoms with Crippen LogP contribution in [0.15, 0.2) is 41.5 Å². The zero-order valence-corrected chi connectivity index (χ0v) is 11.5. The molecule has 0 aromatic heterocycles. The maximum atomic E-state index is 11.4. The molecule has 0 saturated heterocycles. The molecule has 2 amide bonds. The van der Waals surface area contributed by atoms with Crippen LogP contribution in [0.2, 0.25) is 0 Å². The number of hydrogen-bond acceptors (Lipinski definition) is 4. The number of nitrogens with zero attached hydrogens (tertiary/aromatic N) is 1. The summed E-state index contributed by atoms with van der Waals surface area (Å²) < 4.78 is 0. The van der Waals surface area contributed by atoms with Crippen molar-refractivity contribution in [1.82, 2.24) is 10.7 Å². The van der Waals surface area contributed by atoms with Gasteiger partial charge in [0.25, 0.3) is 0 Å². The highest BCUT2D eigenvalue weighted by Crippen LogP contribution is 2.25. The predicted octanol–water partition coefficient (Wildman–Crippen LogP) is 1.13. The van der Waals surface area contributed by atoms with Crippen LogP contribution in [0.5, 0.6) is 5.75 Å². The van der Waals surface area contributed by atoms with E-state index in [4.69, 9.17) is 0 Å². The van der Waals surface area contributed by atoms with Crippen molar-refractivity contribution in [2.24, 2.45) is 5.10 Å². The number of nitrogens with one attached hydrogen (secondary N) is 2. The monoisotopic (exact) mass is 285 g/mol. The molecule has 0 aliphatic heterocycles. The number of amides is 2. The van der Waals surface area contributed by atoms with E-state index in [1.165, 1.54) is 6.21 Å². The van der Waals surface area contributed by atoms with E-state index in [1.807, 2.05) is 24.3 Å². The highest BCUT2D eigenvalue weighted by molar-refractivity contribution is 6.35. The lowest BCUT2D eigenvalue weighted by Gasteiger charge is -2.04. The Hall–Kier alpha value is -2.89. The van der Waals surface area contributed by atoms with Crippen LogP contribution in [0, 0.1) is 0 Å². The summed E-state index contributed by atoms with van der Waals surface area (Å²) in [7, 11) is 0. The summed E-state index contributed by atoms with van der Waals surface area (Å²) in [6.07, 6.45) is 1.31. The van der Waals surface area contributed by atoms with Crippen molar-refractivity contribution in [2.45, 2.75) is 6.92 Å². The Bertz CT molecular complexity index is 710. The normalized spacial score (nSPS) is 10.7. The van der Waals surface area contributed by atoms with Crippen molar-refractivity contribution in [3.05, 3.63) is 42.0 Å². The van der Waals surface area contributed by atoms with Crippen molar-refractivity contribution in [3.8, 4) is 5.75 Å². The fourth-order valence-electron chi connectivity index (χ4n) is 1.87. The van der Waals surface area contributed by atoms with Gasteiger partial charge in [-0.15, -0.1) is 0 Å². The summed E-state index contributed by atoms with van der Waals surface area (Å²) in [5.74, 6) is -1.56. The van der Waals surface area contributed by atoms with Gasteiger partial charge >= 0.3 is 11.8 Å². The molecule has 0 spiro atoms. The Morgan fingerprint density at radius 2 is 1.95 bits per heavy atom. The molecule has 2 aromatic carbocycles. The second-order valence-electron chi connectivity index (χ2n) is 4.28. The third-order valence-electron chi connectivity index (χ3n) is 2.85. The van der Waals surface area contributed by atoms with Crippen LogP contribution < -0.4 is 10.7 Å². The number of hydrogen-bond donors (Lipinski definition) is 3. The van der Waals surface area contributed by atoms with Gasteiger partial charge in [-0.2, -0.15) is 5.10 Å². The summed E-state index contributed by atoms with van der Waals surface area (Å²) in [6.45, 7) is 2.07. The van der Waals surface area contributed by atoms with Gasteiger partial charge in [0.2, 0.25) is 0 Å². The van der Waals surface area contributed by atoms with Gasteiger partial charge < -0.3 is 10.4 Å². The van der Waals surface area contributed by atoms with E-state index in [9.17, 15) is 14.7 Å². The molecule has 0 saturated carbocycles. The molecule has 0 aliphatic carbocycles. The van der Waals surface area contributed by atoms with Crippen LogP contribution in [0.4, 0.5) is 0 Å². The Morgan fingerprint density at radius 1 is 1.19 bits per heavy atom. The quantitative estimate of drug-likeness (QED) is 0.448. The van der Waals surface area contributed by atoms with Crippen molar-refractivity contribution < 1.29 is 14.7 Å². The number of fused-ring (bicyclic) bond motifs is 1. The topological polar surface area (TPSA) is 90.8 Å². The van der Waals surface area contributed by atoms with E-state index >= 15 is 0 Å². The third-order valence-corrected chi connectivity index (χ3v) is 2.85. The average molecular weight is 285 g/mol. The van der Waals surface area contributed by atoms with Gasteiger partial charge in [0.15, 0.2) is 0 Å². The highest BCUT2D eigenvalue weighted by atomic mass is 16.3. The van der Waals surface area contributed by atoms with Crippen molar-refractivity contribution in [2.75, 3.05) is 6.54 Å². The lowest BCUT2D eigenvalue weighted by atomic mass is 10.0. The van der Waals surface area contributed by atoms with Gasteiger partial charge in [0, 0.05) is 12.1 Å². The highest BCUT2D eigenvalue weighted by Gasteiger charge is 2.10. The average Bonchev–Trinajstić information content (AvgIpc) is 2.49. The number of aromatic hydroxyl groups is 1. The lowest BCUT2D eigenvalue weighted by Crippen LogP contribution is -2.37. The van der Waals surface area contributed by atoms with E-state index in [1.54, 1.807) is 19.1 Å². The van der Waals surface area contributed by atoms with Gasteiger partial charge in [-0.1, -0.05) is 30.3 Å². The molecule has 2 aromatic rings. The van der Waals surface area contributed by atoms with Crippen molar-refractivity contribution >= 4 is 28.8 Å². The number of phenolic OH excluding ortho intramolecular Hbond substituents is 1. The smallest absolute Gasteiger partial charge is 0.329 e. The molecule has 0 unspecified atom stereocenters. The molecule has 0 bridgehead atoms. The van der Waals surface area contributed by atoms with E-state index in [2.05, 4.69) is 15.8 Å². The van der Waals surface area contributed by atoms with E-state index in [-0.39, 0.29) is 5.75 Å². The largest absolute Gasteiger partial charge is 0.507 e. The molecule has 0 fully saturated rings. The van der Waals surface area contributed by atoms with Crippen molar-refractivity contribution in [3.63, 3.8) is 0 Å². The van der Waals surface area contributed by atoms with Crippen LogP contribution in [0.25, 0.3) is 10.8 Å². The molecule has 0 radical (unpaired) electrons. The zero-order valence-electron chi connectivity index (χ0n) is 11.5. The molecule has 3 N–H and O–H groups in total. The van der Waals surface area contributed by atoms with Crippen LogP contribution in [0.3, 0.4) is 0 Å². The minimum atomic E-state index is -0.854. The first-order valence-corrected chi connectivity index (χ1v) is 6.45. The second-order valence-corrected chi connectivity index (χ2v) is 4.28. The van der Waals surface area contributed by atoms with Gasteiger partial charge in [-0.25, -0.2) is 5.43 Å².